The molecule has 1 heterocycles. The smallest absolute Gasteiger partial charge is 0.0860 e. The lowest BCUT2D eigenvalue weighted by molar-refractivity contribution is 0.594. The molecular weight excluding hydrogens is 438 g/mol. The van der Waals surface area contributed by atoms with Gasteiger partial charge in [0.25, 0.3) is 0 Å². The van der Waals surface area contributed by atoms with Gasteiger partial charge in [0.15, 0.2) is 0 Å². The molecule has 0 saturated heterocycles. The van der Waals surface area contributed by atoms with Gasteiger partial charge in [0.05, 0.1) is 11.4 Å². The summed E-state index contributed by atoms with van der Waals surface area (Å²) in [6, 6.07) is 18.2. The van der Waals surface area contributed by atoms with Crippen molar-refractivity contribution in [2.75, 3.05) is 0 Å². The van der Waals surface area contributed by atoms with Crippen LogP contribution in [-0.2, 0) is 6.42 Å². The lowest BCUT2D eigenvalue weighted by Crippen LogP contribution is -1.87. The molecule has 0 saturated carbocycles. The average molecular weight is 476 g/mol. The molecule has 0 atom stereocenters. The third-order valence-electron chi connectivity index (χ3n) is 6.23. The molecule has 0 aliphatic rings. The van der Waals surface area contributed by atoms with Crippen LogP contribution in [0.5, 0.6) is 0 Å². The molecule has 3 heteroatoms. The summed E-state index contributed by atoms with van der Waals surface area (Å²) in [5, 5.41) is 8.83. The van der Waals surface area contributed by atoms with E-state index in [-0.39, 0.29) is 0 Å². The van der Waals surface area contributed by atoms with Gasteiger partial charge < -0.3 is 0 Å². The van der Waals surface area contributed by atoms with E-state index in [1.165, 1.54) is 49.7 Å². The van der Waals surface area contributed by atoms with E-state index in [2.05, 4.69) is 52.3 Å². The number of hydrogen-bond donors (Lipinski definition) is 0. The summed E-state index contributed by atoms with van der Waals surface area (Å²) in [5.74, 6) is 6.36. The fraction of sp³-hybridized carbons (Fsp3) is 0.303. The highest BCUT2D eigenvalue weighted by Crippen LogP contribution is 2.22. The summed E-state index contributed by atoms with van der Waals surface area (Å²) in [4.78, 5) is 4.10. The number of rotatable bonds is 12. The number of allylic oxidation sites excluding steroid dienone is 2. The fourth-order valence-electron chi connectivity index (χ4n) is 3.86. The van der Waals surface area contributed by atoms with Crippen molar-refractivity contribution in [3.63, 3.8) is 0 Å². The van der Waals surface area contributed by atoms with Crippen molar-refractivity contribution in [2.24, 2.45) is 10.2 Å². The van der Waals surface area contributed by atoms with Crippen LogP contribution in [0.4, 0.5) is 11.4 Å². The third kappa shape index (κ3) is 9.47. The molecular formula is C33H37N3. The predicted octanol–water partition coefficient (Wildman–Crippen LogP) is 9.61. The Bertz CT molecular complexity index is 1230. The number of aromatic nitrogens is 1. The molecule has 0 bridgehead atoms. The highest BCUT2D eigenvalue weighted by molar-refractivity contribution is 5.52. The van der Waals surface area contributed by atoms with Crippen LogP contribution in [0.25, 0.3) is 0 Å². The Kier molecular flexibility index (Phi) is 10.9. The fourth-order valence-corrected chi connectivity index (χ4v) is 3.86. The lowest BCUT2D eigenvalue weighted by Gasteiger charge is -2.05. The summed E-state index contributed by atoms with van der Waals surface area (Å²) < 4.78 is 0. The molecule has 1 aromatic heterocycles. The van der Waals surface area contributed by atoms with Gasteiger partial charge in [0.1, 0.15) is 0 Å². The van der Waals surface area contributed by atoms with Gasteiger partial charge in [-0.05, 0) is 93.1 Å². The molecule has 36 heavy (non-hydrogen) atoms. The molecule has 3 aromatic rings. The largest absolute Gasteiger partial charge is 0.263 e. The summed E-state index contributed by atoms with van der Waals surface area (Å²) in [5.41, 5.74) is 8.34. The highest BCUT2D eigenvalue weighted by Gasteiger charge is 2.00. The molecule has 0 N–H and O–H groups in total. The number of benzene rings is 2. The quantitative estimate of drug-likeness (QED) is 0.111. The number of hydrogen-bond acceptors (Lipinski definition) is 3. The van der Waals surface area contributed by atoms with E-state index in [4.69, 9.17) is 0 Å². The molecule has 0 aliphatic carbocycles. The SMILES string of the molecule is C=C(C)C(=C)CCCCCCCCc1ccc(/N=N/c2ccc(C#Cc3cccnc3)c(C)c2)cc1. The number of nitrogens with zero attached hydrogens (tertiary/aromatic N) is 3. The van der Waals surface area contributed by atoms with Crippen molar-refractivity contribution in [2.45, 2.75) is 65.2 Å². The molecule has 0 unspecified atom stereocenters. The Hall–Kier alpha value is -3.77. The van der Waals surface area contributed by atoms with Crippen molar-refractivity contribution in [3.8, 4) is 11.8 Å². The molecule has 3 rings (SSSR count). The molecule has 0 radical (unpaired) electrons. The van der Waals surface area contributed by atoms with Crippen molar-refractivity contribution in [1.29, 1.82) is 0 Å². The Labute approximate surface area is 217 Å². The van der Waals surface area contributed by atoms with E-state index >= 15 is 0 Å². The molecule has 0 aliphatic heterocycles. The number of aryl methyl sites for hydroxylation is 2. The zero-order valence-electron chi connectivity index (χ0n) is 21.8. The van der Waals surface area contributed by atoms with Gasteiger partial charge in [0.2, 0.25) is 0 Å². The van der Waals surface area contributed by atoms with Crippen LogP contribution < -0.4 is 0 Å². The first kappa shape index (κ1) is 26.8. The second-order valence-electron chi connectivity index (χ2n) is 9.36. The van der Waals surface area contributed by atoms with E-state index in [0.717, 1.165) is 46.5 Å². The lowest BCUT2D eigenvalue weighted by atomic mass is 10.0. The van der Waals surface area contributed by atoms with Crippen molar-refractivity contribution in [3.05, 3.63) is 114 Å². The van der Waals surface area contributed by atoms with Gasteiger partial charge in [-0.25, -0.2) is 0 Å². The Morgan fingerprint density at radius 1 is 0.833 bits per heavy atom. The van der Waals surface area contributed by atoms with Gasteiger partial charge in [-0.1, -0.05) is 74.0 Å². The molecule has 0 fully saturated rings. The zero-order valence-corrected chi connectivity index (χ0v) is 21.8. The molecule has 3 nitrogen and oxygen atoms in total. The Morgan fingerprint density at radius 3 is 2.22 bits per heavy atom. The number of pyridine rings is 1. The molecule has 2 aromatic carbocycles. The van der Waals surface area contributed by atoms with Crippen molar-refractivity contribution >= 4 is 11.4 Å². The van der Waals surface area contributed by atoms with Crippen LogP contribution in [-0.4, -0.2) is 4.98 Å². The summed E-state index contributed by atoms with van der Waals surface area (Å²) in [6.07, 6.45) is 13.4. The Morgan fingerprint density at radius 2 is 1.53 bits per heavy atom. The van der Waals surface area contributed by atoms with E-state index < -0.39 is 0 Å². The predicted molar refractivity (Wildman–Crippen MR) is 152 cm³/mol. The van der Waals surface area contributed by atoms with Gasteiger partial charge in [0, 0.05) is 23.5 Å². The minimum atomic E-state index is 0.826. The zero-order chi connectivity index (χ0) is 25.6. The van der Waals surface area contributed by atoms with Crippen LogP contribution in [0, 0.1) is 18.8 Å². The second kappa shape index (κ2) is 14.6. The topological polar surface area (TPSA) is 37.6 Å². The van der Waals surface area contributed by atoms with Crippen molar-refractivity contribution < 1.29 is 0 Å². The van der Waals surface area contributed by atoms with Gasteiger partial charge in [-0.3, -0.25) is 4.98 Å². The molecule has 184 valence electrons. The van der Waals surface area contributed by atoms with Crippen LogP contribution in [0.15, 0.2) is 102 Å². The van der Waals surface area contributed by atoms with Gasteiger partial charge in [-0.15, -0.1) is 0 Å². The summed E-state index contributed by atoms with van der Waals surface area (Å²) in [6.45, 7) is 12.1. The third-order valence-corrected chi connectivity index (χ3v) is 6.23. The second-order valence-corrected chi connectivity index (χ2v) is 9.36. The normalized spacial score (nSPS) is 10.7. The van der Waals surface area contributed by atoms with Crippen molar-refractivity contribution in [1.82, 2.24) is 4.98 Å². The van der Waals surface area contributed by atoms with E-state index in [1.807, 2.05) is 56.3 Å². The number of unbranched alkanes of at least 4 members (excludes halogenated alkanes) is 5. The van der Waals surface area contributed by atoms with Gasteiger partial charge >= 0.3 is 0 Å². The summed E-state index contributed by atoms with van der Waals surface area (Å²) >= 11 is 0. The maximum atomic E-state index is 4.41. The molecule has 0 amide bonds. The maximum absolute atomic E-state index is 4.41. The van der Waals surface area contributed by atoms with Gasteiger partial charge in [-0.2, -0.15) is 10.2 Å². The van der Waals surface area contributed by atoms with Crippen LogP contribution >= 0.6 is 0 Å². The monoisotopic (exact) mass is 475 g/mol. The standard InChI is InChI=1S/C33H37N3/c1-26(2)27(3)12-9-7-5-6-8-10-13-29-16-20-32(21-17-29)35-36-33-22-19-31(28(4)24-33)18-15-30-14-11-23-34-25-30/h11,14,16-17,19-25H,1,3,5-10,12-13H2,2,4H3/b36-35+. The van der Waals surface area contributed by atoms with E-state index in [9.17, 15) is 0 Å². The average Bonchev–Trinajstić information content (AvgIpc) is 2.89. The summed E-state index contributed by atoms with van der Waals surface area (Å²) in [7, 11) is 0. The minimum absolute atomic E-state index is 0.826. The van der Waals surface area contributed by atoms with Crippen LogP contribution in [0.3, 0.4) is 0 Å². The maximum Gasteiger partial charge on any atom is 0.0860 e. The van der Waals surface area contributed by atoms with E-state index in [1.54, 1.807) is 12.4 Å². The Balaban J connectivity index is 1.39. The first-order chi connectivity index (χ1) is 17.5. The minimum Gasteiger partial charge on any atom is -0.263 e. The van der Waals surface area contributed by atoms with E-state index in [0.29, 0.717) is 0 Å². The molecule has 0 spiro atoms. The first-order valence-electron chi connectivity index (χ1n) is 12.9. The number of azo groups is 1. The highest BCUT2D eigenvalue weighted by atomic mass is 15.1. The first-order valence-corrected chi connectivity index (χ1v) is 12.9. The van der Waals surface area contributed by atoms with Crippen LogP contribution in [0.2, 0.25) is 0 Å². The van der Waals surface area contributed by atoms with Crippen LogP contribution in [0.1, 0.15) is 74.1 Å².